The molecule has 74 heavy (non-hydrogen) atoms. The minimum atomic E-state index is -0.887. The lowest BCUT2D eigenvalue weighted by Gasteiger charge is -2.30. The molecule has 7 N–H and O–H groups in total. The van der Waals surface area contributed by atoms with Gasteiger partial charge in [-0.25, -0.2) is 9.59 Å². The summed E-state index contributed by atoms with van der Waals surface area (Å²) in [6.45, 7) is 6.34. The van der Waals surface area contributed by atoms with Crippen molar-refractivity contribution in [2.24, 2.45) is 22.0 Å². The van der Waals surface area contributed by atoms with E-state index in [0.717, 1.165) is 49.7 Å². The first-order valence-electron chi connectivity index (χ1n) is 24.6. The molecule has 0 heterocycles. The Morgan fingerprint density at radius 1 is 0.568 bits per heavy atom. The molecule has 0 radical (unpaired) electrons. The Bertz CT molecular complexity index is 2590. The molecule has 0 aliphatic heterocycles. The maximum atomic E-state index is 13.5. The lowest BCUT2D eigenvalue weighted by atomic mass is 9.81. The number of benzene rings is 4. The predicted octanol–water partition coefficient (Wildman–Crippen LogP) is 9.91. The molecule has 0 saturated heterocycles. The maximum Gasteiger partial charge on any atom is 0.328 e. The highest BCUT2D eigenvalue weighted by Gasteiger charge is 2.43. The second-order valence-corrected chi connectivity index (χ2v) is 21.4. The fraction of sp³-hybridized carbons (Fsp3) is 0.436. The van der Waals surface area contributed by atoms with Crippen molar-refractivity contribution in [3.05, 3.63) is 127 Å². The maximum absolute atomic E-state index is 13.5. The van der Waals surface area contributed by atoms with Crippen molar-refractivity contribution in [2.45, 2.75) is 110 Å². The van der Waals surface area contributed by atoms with Gasteiger partial charge in [0.1, 0.15) is 12.1 Å². The molecule has 0 aromatic heterocycles. The first-order chi connectivity index (χ1) is 35.1. The Balaban J connectivity index is 0.000000278. The molecule has 4 aromatic rings. The van der Waals surface area contributed by atoms with Crippen LogP contribution in [-0.4, -0.2) is 80.9 Å². The number of nitrogens with one attached hydrogen (secondary N) is 5. The van der Waals surface area contributed by atoms with E-state index in [1.165, 1.54) is 14.2 Å². The first kappa shape index (κ1) is 59.2. The van der Waals surface area contributed by atoms with Crippen LogP contribution in [0.25, 0.3) is 0 Å². The quantitative estimate of drug-likeness (QED) is 0.0488. The van der Waals surface area contributed by atoms with Crippen molar-refractivity contribution in [1.82, 2.24) is 16.0 Å². The van der Waals surface area contributed by atoms with Gasteiger partial charge in [-0.05, 0) is 105 Å². The molecule has 5 amide bonds. The highest BCUT2D eigenvalue weighted by Crippen LogP contribution is 2.42. The lowest BCUT2D eigenvalue weighted by Crippen LogP contribution is -2.50. The van der Waals surface area contributed by atoms with Gasteiger partial charge in [0.15, 0.2) is 0 Å². The highest BCUT2D eigenvalue weighted by atomic mass is 35.5. The number of nitrogens with two attached hydrogens (primary N) is 1. The molecule has 2 aliphatic rings. The standard InChI is InChI=1S/C30H37Cl2N3O5.C25H29Cl2N3O4/c1-29(2,3)27(38)33-17-16-30(14-5-6-15-30)28(39)35-23(26(37)40-4)18-19-10-12-20(13-11-19)34-25(36)24-21(31)8-7-9-22(24)32;1-34-23(32)20(30-24(33)25(13-14-28)11-2-3-12-25)15-16-7-9-17(10-8-16)29-22(31)21-18(26)5-4-6-19(21)27/h7-13,23H,5-6,14-18H2,1-4H3,(H,33,38)(H,34,36)(H,35,39);4-10,20H,2-3,11-15,28H2,1H3,(H,29,31)(H,30,33). The van der Waals surface area contributed by atoms with Crippen LogP contribution in [0, 0.1) is 16.2 Å². The lowest BCUT2D eigenvalue weighted by molar-refractivity contribution is -0.147. The van der Waals surface area contributed by atoms with Gasteiger partial charge < -0.3 is 41.8 Å². The molecule has 6 rings (SSSR count). The zero-order chi connectivity index (χ0) is 54.2. The Morgan fingerprint density at radius 3 is 1.24 bits per heavy atom. The van der Waals surface area contributed by atoms with Crippen molar-refractivity contribution in [3.8, 4) is 0 Å². The number of carbonyl (C=O) groups is 7. The first-order valence-corrected chi connectivity index (χ1v) is 26.1. The summed E-state index contributed by atoms with van der Waals surface area (Å²) in [5.74, 6) is -2.35. The van der Waals surface area contributed by atoms with Crippen molar-refractivity contribution >= 4 is 99.3 Å². The summed E-state index contributed by atoms with van der Waals surface area (Å²) in [5, 5.41) is 15.3. The van der Waals surface area contributed by atoms with Crippen LogP contribution in [0.5, 0.6) is 0 Å². The molecular formula is C55H66Cl4N6O9. The van der Waals surface area contributed by atoms with Gasteiger partial charge >= 0.3 is 11.9 Å². The Morgan fingerprint density at radius 2 is 0.919 bits per heavy atom. The van der Waals surface area contributed by atoms with Gasteiger partial charge in [0.2, 0.25) is 17.7 Å². The fourth-order valence-electron chi connectivity index (χ4n) is 9.27. The SMILES string of the molecule is COC(=O)C(Cc1ccc(NC(=O)c2c(Cl)cccc2Cl)cc1)NC(=O)C1(CCN)CCCC1.COC(=O)C(Cc1ccc(NC(=O)c2c(Cl)cccc2Cl)cc1)NC(=O)C1(CCNC(=O)C(C)(C)C)CCCC1. The van der Waals surface area contributed by atoms with Gasteiger partial charge in [0.25, 0.3) is 11.8 Å². The predicted molar refractivity (Wildman–Crippen MR) is 290 cm³/mol. The molecule has 2 fully saturated rings. The number of halogens is 4. The number of hydrogen-bond acceptors (Lipinski definition) is 10. The number of rotatable bonds is 19. The Labute approximate surface area is 453 Å². The average molecular weight is 1100 g/mol. The van der Waals surface area contributed by atoms with E-state index in [1.807, 2.05) is 20.8 Å². The number of methoxy groups -OCH3 is 2. The van der Waals surface area contributed by atoms with E-state index < -0.39 is 52.1 Å². The second-order valence-electron chi connectivity index (χ2n) is 19.8. The van der Waals surface area contributed by atoms with E-state index in [2.05, 4.69) is 26.6 Å². The smallest absolute Gasteiger partial charge is 0.328 e. The molecule has 2 saturated carbocycles. The van der Waals surface area contributed by atoms with Crippen molar-refractivity contribution in [1.29, 1.82) is 0 Å². The summed E-state index contributed by atoms with van der Waals surface area (Å²) in [5.41, 5.74) is 7.08. The summed E-state index contributed by atoms with van der Waals surface area (Å²) in [7, 11) is 2.58. The number of anilines is 2. The molecule has 4 aromatic carbocycles. The van der Waals surface area contributed by atoms with Crippen LogP contribution in [0.1, 0.15) is 117 Å². The van der Waals surface area contributed by atoms with Crippen LogP contribution in [0.3, 0.4) is 0 Å². The largest absolute Gasteiger partial charge is 0.467 e. The van der Waals surface area contributed by atoms with Crippen LogP contribution in [0.2, 0.25) is 20.1 Å². The number of hydrogen-bond donors (Lipinski definition) is 6. The van der Waals surface area contributed by atoms with Crippen molar-refractivity contribution < 1.29 is 43.0 Å². The molecule has 2 aliphatic carbocycles. The van der Waals surface area contributed by atoms with E-state index in [4.69, 9.17) is 61.6 Å². The van der Waals surface area contributed by atoms with Crippen molar-refractivity contribution in [3.63, 3.8) is 0 Å². The normalized spacial score (nSPS) is 15.3. The molecule has 2 atom stereocenters. The molecule has 2 unspecified atom stereocenters. The zero-order valence-corrected chi connectivity index (χ0v) is 45.4. The van der Waals surface area contributed by atoms with Crippen LogP contribution in [0.15, 0.2) is 84.9 Å². The molecule has 15 nitrogen and oxygen atoms in total. The Hall–Kier alpha value is -5.71. The van der Waals surface area contributed by atoms with Gasteiger partial charge in [-0.3, -0.25) is 24.0 Å². The fourth-order valence-corrected chi connectivity index (χ4v) is 10.4. The second kappa shape index (κ2) is 27.2. The van der Waals surface area contributed by atoms with Crippen molar-refractivity contribution in [2.75, 3.05) is 37.9 Å². The van der Waals surface area contributed by atoms with Gasteiger partial charge in [-0.1, -0.05) is 129 Å². The van der Waals surface area contributed by atoms with Gasteiger partial charge in [-0.15, -0.1) is 0 Å². The summed E-state index contributed by atoms with van der Waals surface area (Å²) in [6, 6.07) is 21.9. The van der Waals surface area contributed by atoms with Crippen LogP contribution >= 0.6 is 46.4 Å². The minimum absolute atomic E-state index is 0.0666. The number of esters is 2. The van der Waals surface area contributed by atoms with Gasteiger partial charge in [0.05, 0.1) is 56.3 Å². The molecule has 398 valence electrons. The monoisotopic (exact) mass is 1090 g/mol. The third-order valence-corrected chi connectivity index (χ3v) is 14.8. The molecular weight excluding hydrogens is 1030 g/mol. The summed E-state index contributed by atoms with van der Waals surface area (Å²) in [6.07, 6.45) is 8.26. The van der Waals surface area contributed by atoms with Crippen LogP contribution in [-0.2, 0) is 46.3 Å². The van der Waals surface area contributed by atoms with Crippen LogP contribution < -0.4 is 32.3 Å². The summed E-state index contributed by atoms with van der Waals surface area (Å²) < 4.78 is 9.91. The third kappa shape index (κ3) is 15.9. The zero-order valence-electron chi connectivity index (χ0n) is 42.4. The number of amides is 5. The van der Waals surface area contributed by atoms with E-state index in [-0.39, 0.29) is 61.8 Å². The topological polar surface area (TPSA) is 224 Å². The van der Waals surface area contributed by atoms with Gasteiger partial charge in [-0.2, -0.15) is 0 Å². The average Bonchev–Trinajstić information content (AvgIpc) is 4.06. The van der Waals surface area contributed by atoms with E-state index in [9.17, 15) is 33.6 Å². The molecule has 0 bridgehead atoms. The summed E-state index contributed by atoms with van der Waals surface area (Å²) in [4.78, 5) is 89.2. The van der Waals surface area contributed by atoms with Crippen LogP contribution in [0.4, 0.5) is 11.4 Å². The number of ether oxygens (including phenoxy) is 2. The number of carbonyl (C=O) groups excluding carboxylic acids is 7. The molecule has 19 heteroatoms. The summed E-state index contributed by atoms with van der Waals surface area (Å²) >= 11 is 24.5. The highest BCUT2D eigenvalue weighted by molar-refractivity contribution is 6.41. The van der Waals surface area contributed by atoms with E-state index in [0.29, 0.717) is 50.1 Å². The van der Waals surface area contributed by atoms with Gasteiger partial charge in [0, 0.05) is 36.2 Å². The molecule has 0 spiro atoms. The van der Waals surface area contributed by atoms with E-state index in [1.54, 1.807) is 84.9 Å². The van der Waals surface area contributed by atoms with E-state index >= 15 is 0 Å². The Kier molecular flexibility index (Phi) is 21.7. The minimum Gasteiger partial charge on any atom is -0.467 e. The third-order valence-electron chi connectivity index (χ3n) is 13.5.